The molecule has 0 aliphatic carbocycles. The summed E-state index contributed by atoms with van der Waals surface area (Å²) in [5.41, 5.74) is 3.59. The monoisotopic (exact) mass is 714 g/mol. The molecule has 0 N–H and O–H groups in total. The van der Waals surface area contributed by atoms with Gasteiger partial charge in [0.15, 0.2) is 13.6 Å². The maximum absolute atomic E-state index is 6.97. The molecule has 0 aromatic heterocycles. The molecule has 0 heterocycles. The third-order valence-corrected chi connectivity index (χ3v) is 10.9. The molecule has 256 valence electrons. The highest BCUT2D eigenvalue weighted by Gasteiger charge is 2.32. The van der Waals surface area contributed by atoms with Crippen molar-refractivity contribution in [1.82, 2.24) is 0 Å². The summed E-state index contributed by atoms with van der Waals surface area (Å²) in [7, 11) is -1.31. The van der Waals surface area contributed by atoms with Crippen molar-refractivity contribution < 1.29 is 18.9 Å². The normalized spacial score (nSPS) is 11.9. The SMILES string of the molecule is CC(C)(C)c1cc(Cl)cc(P(c2ccccc2)c2cc(Cl)cc(C(C)(C)C)c2OCOCc2ccccc2)c1OCOCc1ccccc1. The maximum Gasteiger partial charge on any atom is 0.189 e. The van der Waals surface area contributed by atoms with Crippen LogP contribution in [-0.4, -0.2) is 13.6 Å². The molecule has 0 radical (unpaired) electrons. The van der Waals surface area contributed by atoms with Crippen LogP contribution in [0.5, 0.6) is 11.5 Å². The Morgan fingerprint density at radius 3 is 1.24 bits per heavy atom. The molecule has 0 atom stereocenters. The summed E-state index contributed by atoms with van der Waals surface area (Å²) in [6.07, 6.45) is 0. The Morgan fingerprint density at radius 1 is 0.510 bits per heavy atom. The molecule has 7 heteroatoms. The summed E-state index contributed by atoms with van der Waals surface area (Å²) in [5.74, 6) is 1.51. The van der Waals surface area contributed by atoms with Crippen LogP contribution in [0, 0.1) is 0 Å². The van der Waals surface area contributed by atoms with Gasteiger partial charge in [-0.2, -0.15) is 0 Å². The van der Waals surface area contributed by atoms with Crippen molar-refractivity contribution in [3.05, 3.63) is 148 Å². The number of ether oxygens (including phenoxy) is 4. The minimum Gasteiger partial charge on any atom is -0.467 e. The van der Waals surface area contributed by atoms with Gasteiger partial charge in [0.25, 0.3) is 0 Å². The van der Waals surface area contributed by atoms with E-state index in [4.69, 9.17) is 42.1 Å². The van der Waals surface area contributed by atoms with Gasteiger partial charge in [-0.1, -0.05) is 156 Å². The number of rotatable bonds is 13. The molecule has 0 amide bonds. The smallest absolute Gasteiger partial charge is 0.189 e. The summed E-state index contributed by atoms with van der Waals surface area (Å²) in [4.78, 5) is 0. The standard InChI is InChI=1S/C42H45Cl2O4P/c1-41(2,3)35-22-32(43)24-37(39(35)47-28-45-26-30-16-10-7-11-17-30)49(34-20-14-9-15-21-34)38-25-33(44)23-36(42(4,5)6)40(38)48-29-46-27-31-18-12-8-13-19-31/h7-25H,26-29H2,1-6H3. The average molecular weight is 716 g/mol. The van der Waals surface area contributed by atoms with E-state index in [1.165, 1.54) is 0 Å². The molecule has 0 spiro atoms. The first-order chi connectivity index (χ1) is 23.4. The second-order valence-electron chi connectivity index (χ2n) is 14.0. The molecule has 0 aliphatic heterocycles. The van der Waals surface area contributed by atoms with Crippen molar-refractivity contribution in [1.29, 1.82) is 0 Å². The van der Waals surface area contributed by atoms with Crippen LogP contribution < -0.4 is 25.4 Å². The molecule has 0 fully saturated rings. The molecular weight excluding hydrogens is 670 g/mol. The second kappa shape index (κ2) is 16.6. The van der Waals surface area contributed by atoms with Crippen LogP contribution in [-0.2, 0) is 33.5 Å². The van der Waals surface area contributed by atoms with Gasteiger partial charge in [0, 0.05) is 31.8 Å². The van der Waals surface area contributed by atoms with E-state index < -0.39 is 7.92 Å². The van der Waals surface area contributed by atoms with Gasteiger partial charge < -0.3 is 18.9 Å². The minimum atomic E-state index is -1.31. The largest absolute Gasteiger partial charge is 0.467 e. The summed E-state index contributed by atoms with van der Waals surface area (Å²) < 4.78 is 25.4. The second-order valence-corrected chi connectivity index (χ2v) is 17.0. The predicted octanol–water partition coefficient (Wildman–Crippen LogP) is 10.5. The molecule has 5 aromatic carbocycles. The highest BCUT2D eigenvalue weighted by Crippen LogP contribution is 2.47. The van der Waals surface area contributed by atoms with E-state index in [0.717, 1.165) is 49.7 Å². The van der Waals surface area contributed by atoms with E-state index in [1.54, 1.807) is 0 Å². The van der Waals surface area contributed by atoms with Crippen molar-refractivity contribution in [2.75, 3.05) is 13.6 Å². The van der Waals surface area contributed by atoms with Crippen molar-refractivity contribution in [2.24, 2.45) is 0 Å². The van der Waals surface area contributed by atoms with Crippen molar-refractivity contribution >= 4 is 47.0 Å². The fourth-order valence-corrected chi connectivity index (χ4v) is 8.75. The van der Waals surface area contributed by atoms with Crippen LogP contribution >= 0.6 is 31.1 Å². The molecule has 0 saturated carbocycles. The molecule has 5 rings (SSSR count). The van der Waals surface area contributed by atoms with Gasteiger partial charge in [-0.05, 0) is 59.4 Å². The Labute approximate surface area is 303 Å². The molecule has 49 heavy (non-hydrogen) atoms. The number of hydrogen-bond donors (Lipinski definition) is 0. The van der Waals surface area contributed by atoms with Gasteiger partial charge in [-0.3, -0.25) is 0 Å². The van der Waals surface area contributed by atoms with E-state index in [2.05, 4.69) is 65.8 Å². The zero-order valence-corrected chi connectivity index (χ0v) is 31.5. The number of halogens is 2. The first-order valence-electron chi connectivity index (χ1n) is 16.4. The highest BCUT2D eigenvalue weighted by molar-refractivity contribution is 7.80. The van der Waals surface area contributed by atoms with Crippen LogP contribution in [0.25, 0.3) is 0 Å². The number of benzene rings is 5. The molecule has 4 nitrogen and oxygen atoms in total. The van der Waals surface area contributed by atoms with Crippen LogP contribution in [0.15, 0.2) is 115 Å². The minimum absolute atomic E-state index is 0.0735. The Hall–Kier alpha value is -3.37. The molecule has 0 unspecified atom stereocenters. The van der Waals surface area contributed by atoms with Crippen LogP contribution in [0.4, 0.5) is 0 Å². The van der Waals surface area contributed by atoms with E-state index in [1.807, 2.05) is 91.0 Å². The lowest BCUT2D eigenvalue weighted by Crippen LogP contribution is -2.29. The molecule has 0 bridgehead atoms. The molecule has 0 saturated heterocycles. The Balaban J connectivity index is 1.63. The van der Waals surface area contributed by atoms with Crippen molar-refractivity contribution in [3.63, 3.8) is 0 Å². The van der Waals surface area contributed by atoms with Gasteiger partial charge in [-0.25, -0.2) is 0 Å². The third kappa shape index (κ3) is 9.87. The van der Waals surface area contributed by atoms with Gasteiger partial charge >= 0.3 is 0 Å². The fourth-order valence-electron chi connectivity index (χ4n) is 5.56. The van der Waals surface area contributed by atoms with Crippen LogP contribution in [0.1, 0.15) is 63.8 Å². The first kappa shape index (κ1) is 36.9. The lowest BCUT2D eigenvalue weighted by Gasteiger charge is -2.31. The Morgan fingerprint density at radius 2 is 0.878 bits per heavy atom. The summed E-state index contributed by atoms with van der Waals surface area (Å²) >= 11 is 13.9. The Bertz CT molecular complexity index is 1690. The summed E-state index contributed by atoms with van der Waals surface area (Å²) in [5, 5.41) is 4.28. The zero-order valence-electron chi connectivity index (χ0n) is 29.1. The van der Waals surface area contributed by atoms with E-state index in [-0.39, 0.29) is 24.4 Å². The predicted molar refractivity (Wildman–Crippen MR) is 206 cm³/mol. The van der Waals surface area contributed by atoms with E-state index in [0.29, 0.717) is 23.3 Å². The van der Waals surface area contributed by atoms with Crippen LogP contribution in [0.2, 0.25) is 10.0 Å². The van der Waals surface area contributed by atoms with Gasteiger partial charge in [0.05, 0.1) is 13.2 Å². The average Bonchev–Trinajstić information content (AvgIpc) is 3.07. The quantitative estimate of drug-likeness (QED) is 0.0691. The summed E-state index contributed by atoms with van der Waals surface area (Å²) in [6, 6.07) is 38.7. The van der Waals surface area contributed by atoms with Crippen molar-refractivity contribution in [3.8, 4) is 11.5 Å². The highest BCUT2D eigenvalue weighted by atomic mass is 35.5. The maximum atomic E-state index is 6.97. The molecule has 5 aromatic rings. The first-order valence-corrected chi connectivity index (χ1v) is 18.5. The zero-order chi connectivity index (χ0) is 35.0. The lowest BCUT2D eigenvalue weighted by atomic mass is 9.86. The van der Waals surface area contributed by atoms with E-state index in [9.17, 15) is 0 Å². The number of hydrogen-bond acceptors (Lipinski definition) is 4. The molecular formula is C42H45Cl2O4P. The van der Waals surface area contributed by atoms with Gasteiger partial charge in [-0.15, -0.1) is 0 Å². The van der Waals surface area contributed by atoms with Crippen LogP contribution in [0.3, 0.4) is 0 Å². The Kier molecular flexibility index (Phi) is 12.5. The topological polar surface area (TPSA) is 36.9 Å². The third-order valence-electron chi connectivity index (χ3n) is 7.98. The fraction of sp³-hybridized carbons (Fsp3) is 0.286. The lowest BCUT2D eigenvalue weighted by molar-refractivity contribution is 0.00472. The van der Waals surface area contributed by atoms with Gasteiger partial charge in [0.2, 0.25) is 0 Å². The van der Waals surface area contributed by atoms with Crippen molar-refractivity contribution in [2.45, 2.75) is 65.6 Å². The molecule has 0 aliphatic rings. The summed E-state index contributed by atoms with van der Waals surface area (Å²) in [6.45, 7) is 14.0. The van der Waals surface area contributed by atoms with Gasteiger partial charge in [0.1, 0.15) is 11.5 Å². The van der Waals surface area contributed by atoms with E-state index >= 15 is 0 Å².